The van der Waals surface area contributed by atoms with Crippen LogP contribution in [0.5, 0.6) is 0 Å². The number of esters is 1. The van der Waals surface area contributed by atoms with Crippen molar-refractivity contribution < 1.29 is 18.7 Å². The molecule has 0 atom stereocenters. The highest BCUT2D eigenvalue weighted by atomic mass is 127. The van der Waals surface area contributed by atoms with E-state index in [0.29, 0.717) is 36.1 Å². The van der Waals surface area contributed by atoms with E-state index in [9.17, 15) is 9.59 Å². The van der Waals surface area contributed by atoms with Gasteiger partial charge in [-0.2, -0.15) is 0 Å². The largest absolute Gasteiger partial charge is 0.465 e. The molecule has 0 saturated heterocycles. The van der Waals surface area contributed by atoms with Gasteiger partial charge in [-0.3, -0.25) is 9.79 Å². The summed E-state index contributed by atoms with van der Waals surface area (Å²) in [5.41, 5.74) is 0.0409. The smallest absolute Gasteiger partial charge is 0.341 e. The van der Waals surface area contributed by atoms with E-state index in [0.717, 1.165) is 25.7 Å². The summed E-state index contributed by atoms with van der Waals surface area (Å²) in [6.07, 6.45) is 3.90. The van der Waals surface area contributed by atoms with Gasteiger partial charge in [0, 0.05) is 27.7 Å². The van der Waals surface area contributed by atoms with E-state index in [1.807, 2.05) is 0 Å². The minimum atomic E-state index is -0.421. The monoisotopic (exact) mass is 506 g/mol. The zero-order valence-electron chi connectivity index (χ0n) is 17.3. The number of carbonyl (C=O) groups is 2. The van der Waals surface area contributed by atoms with Crippen molar-refractivity contribution in [2.45, 2.75) is 39.2 Å². The molecule has 1 aromatic rings. The highest BCUT2D eigenvalue weighted by Gasteiger charge is 2.42. The number of rotatable bonds is 6. The topological polar surface area (TPSA) is 96.2 Å². The van der Waals surface area contributed by atoms with Crippen molar-refractivity contribution in [3.8, 4) is 0 Å². The summed E-state index contributed by atoms with van der Waals surface area (Å²) >= 11 is 0. The molecule has 2 rings (SSSR count). The third-order valence-corrected chi connectivity index (χ3v) is 5.04. The van der Waals surface area contributed by atoms with Crippen LogP contribution in [0.4, 0.5) is 0 Å². The van der Waals surface area contributed by atoms with Gasteiger partial charge in [-0.25, -0.2) is 4.79 Å². The fourth-order valence-corrected chi connectivity index (χ4v) is 3.58. The molecule has 1 amide bonds. The van der Waals surface area contributed by atoms with Crippen molar-refractivity contribution in [3.63, 3.8) is 0 Å². The first-order chi connectivity index (χ1) is 12.8. The molecule has 0 aliphatic heterocycles. The molecule has 1 aliphatic carbocycles. The first-order valence-electron chi connectivity index (χ1n) is 9.17. The lowest BCUT2D eigenvalue weighted by Gasteiger charge is -2.31. The Morgan fingerprint density at radius 2 is 1.93 bits per heavy atom. The Morgan fingerprint density at radius 1 is 1.29 bits per heavy atom. The molecule has 0 aromatic carbocycles. The van der Waals surface area contributed by atoms with E-state index < -0.39 is 5.97 Å². The molecule has 28 heavy (non-hydrogen) atoms. The van der Waals surface area contributed by atoms with Crippen LogP contribution in [-0.4, -0.2) is 57.5 Å². The molecule has 8 nitrogen and oxygen atoms in total. The second kappa shape index (κ2) is 10.7. The number of furan rings is 1. The minimum absolute atomic E-state index is 0. The number of ether oxygens (including phenoxy) is 1. The van der Waals surface area contributed by atoms with Gasteiger partial charge in [-0.05, 0) is 25.8 Å². The summed E-state index contributed by atoms with van der Waals surface area (Å²) < 4.78 is 10.3. The van der Waals surface area contributed by atoms with Gasteiger partial charge in [0.25, 0.3) is 0 Å². The third kappa shape index (κ3) is 5.62. The van der Waals surface area contributed by atoms with Gasteiger partial charge in [0.15, 0.2) is 5.96 Å². The number of nitrogens with zero attached hydrogens (tertiary/aromatic N) is 2. The van der Waals surface area contributed by atoms with Crippen molar-refractivity contribution in [2.75, 3.05) is 34.8 Å². The van der Waals surface area contributed by atoms with Crippen LogP contribution in [0.2, 0.25) is 0 Å². The number of aliphatic imine (C=N–C) groups is 1. The van der Waals surface area contributed by atoms with Gasteiger partial charge in [-0.15, -0.1) is 24.0 Å². The molecule has 158 valence electrons. The average Bonchev–Trinajstić information content (AvgIpc) is 3.28. The molecule has 1 aromatic heterocycles. The van der Waals surface area contributed by atoms with Gasteiger partial charge in [-0.1, -0.05) is 12.8 Å². The van der Waals surface area contributed by atoms with Gasteiger partial charge >= 0.3 is 5.97 Å². The van der Waals surface area contributed by atoms with E-state index in [2.05, 4.69) is 15.6 Å². The standard InChI is InChI=1S/C19H30N4O4.HI/c1-13-15(16(24)26-5)10-14(27-13)11-21-18(20-2)22-12-19(8-6-7-9-19)17(25)23(3)4;/h10H,6-9,11-12H2,1-5H3,(H2,20,21,22);1H. The number of nitrogens with one attached hydrogen (secondary N) is 2. The van der Waals surface area contributed by atoms with Crippen molar-refractivity contribution >= 4 is 41.8 Å². The maximum absolute atomic E-state index is 12.6. The molecule has 2 N–H and O–H groups in total. The summed E-state index contributed by atoms with van der Waals surface area (Å²) in [6, 6.07) is 1.66. The quantitative estimate of drug-likeness (QED) is 0.266. The van der Waals surface area contributed by atoms with Crippen LogP contribution < -0.4 is 10.6 Å². The van der Waals surface area contributed by atoms with Crippen LogP contribution in [0.3, 0.4) is 0 Å². The Bertz CT molecular complexity index is 709. The molecule has 1 fully saturated rings. The normalized spacial score (nSPS) is 15.5. The Kier molecular flexibility index (Phi) is 9.25. The average molecular weight is 506 g/mol. The van der Waals surface area contributed by atoms with E-state index in [-0.39, 0.29) is 35.3 Å². The maximum atomic E-state index is 12.6. The van der Waals surface area contributed by atoms with E-state index in [1.165, 1.54) is 7.11 Å². The molecular formula is C19H31IN4O4. The third-order valence-electron chi connectivity index (χ3n) is 5.04. The zero-order chi connectivity index (χ0) is 20.0. The Balaban J connectivity index is 0.00000392. The molecule has 1 aliphatic rings. The van der Waals surface area contributed by atoms with Crippen LogP contribution >= 0.6 is 24.0 Å². The van der Waals surface area contributed by atoms with Crippen LogP contribution in [0.1, 0.15) is 47.6 Å². The van der Waals surface area contributed by atoms with Crippen molar-refractivity contribution in [3.05, 3.63) is 23.2 Å². The maximum Gasteiger partial charge on any atom is 0.341 e. The lowest BCUT2D eigenvalue weighted by atomic mass is 9.84. The van der Waals surface area contributed by atoms with Crippen LogP contribution in [0, 0.1) is 12.3 Å². The summed E-state index contributed by atoms with van der Waals surface area (Å²) in [5, 5.41) is 6.43. The first kappa shape index (κ1) is 24.3. The predicted molar refractivity (Wildman–Crippen MR) is 118 cm³/mol. The second-order valence-corrected chi connectivity index (χ2v) is 7.14. The lowest BCUT2D eigenvalue weighted by molar-refractivity contribution is -0.138. The van der Waals surface area contributed by atoms with E-state index >= 15 is 0 Å². The highest BCUT2D eigenvalue weighted by molar-refractivity contribution is 14.0. The SMILES string of the molecule is CN=C(NCc1cc(C(=O)OC)c(C)o1)NCC1(C(=O)N(C)C)CCCC1.I. The molecule has 1 saturated carbocycles. The van der Waals surface area contributed by atoms with E-state index in [1.54, 1.807) is 39.0 Å². The number of carbonyl (C=O) groups excluding carboxylic acids is 2. The van der Waals surface area contributed by atoms with Gasteiger partial charge in [0.05, 0.1) is 19.1 Å². The first-order valence-corrected chi connectivity index (χ1v) is 9.17. The molecule has 1 heterocycles. The summed E-state index contributed by atoms with van der Waals surface area (Å²) in [5.74, 6) is 1.45. The van der Waals surface area contributed by atoms with Crippen LogP contribution in [0.25, 0.3) is 0 Å². The number of hydrogen-bond acceptors (Lipinski definition) is 5. The Morgan fingerprint density at radius 3 is 2.46 bits per heavy atom. The number of halogens is 1. The van der Waals surface area contributed by atoms with Gasteiger partial charge in [0.1, 0.15) is 17.1 Å². The Labute approximate surface area is 183 Å². The minimum Gasteiger partial charge on any atom is -0.465 e. The van der Waals surface area contributed by atoms with Crippen LogP contribution in [-0.2, 0) is 16.1 Å². The number of methoxy groups -OCH3 is 1. The number of guanidine groups is 1. The highest BCUT2D eigenvalue weighted by Crippen LogP contribution is 2.38. The second-order valence-electron chi connectivity index (χ2n) is 7.14. The zero-order valence-corrected chi connectivity index (χ0v) is 19.6. The van der Waals surface area contributed by atoms with Gasteiger partial charge in [0.2, 0.25) is 5.91 Å². The fraction of sp³-hybridized carbons (Fsp3) is 0.632. The molecule has 0 spiro atoms. The molecule has 9 heteroatoms. The predicted octanol–water partition coefficient (Wildman–Crippen LogP) is 2.31. The summed E-state index contributed by atoms with van der Waals surface area (Å²) in [4.78, 5) is 30.2. The lowest BCUT2D eigenvalue weighted by Crippen LogP contribution is -2.49. The molecular weight excluding hydrogens is 475 g/mol. The van der Waals surface area contributed by atoms with Crippen molar-refractivity contribution in [1.29, 1.82) is 0 Å². The van der Waals surface area contributed by atoms with Crippen LogP contribution in [0.15, 0.2) is 15.5 Å². The van der Waals surface area contributed by atoms with Crippen molar-refractivity contribution in [1.82, 2.24) is 15.5 Å². The van der Waals surface area contributed by atoms with E-state index in [4.69, 9.17) is 9.15 Å². The number of amides is 1. The number of hydrogen-bond donors (Lipinski definition) is 2. The molecule has 0 unspecified atom stereocenters. The number of aryl methyl sites for hydroxylation is 1. The molecule has 0 bridgehead atoms. The summed E-state index contributed by atoms with van der Waals surface area (Å²) in [7, 11) is 6.62. The van der Waals surface area contributed by atoms with Gasteiger partial charge < -0.3 is 24.7 Å². The fourth-order valence-electron chi connectivity index (χ4n) is 3.58. The Hall–Kier alpha value is -1.78. The van der Waals surface area contributed by atoms with Crippen molar-refractivity contribution in [2.24, 2.45) is 10.4 Å². The summed E-state index contributed by atoms with van der Waals surface area (Å²) in [6.45, 7) is 2.62. The molecule has 0 radical (unpaired) electrons.